The quantitative estimate of drug-likeness (QED) is 0.589. The minimum Gasteiger partial charge on any atom is -0.508 e. The molecule has 0 bridgehead atoms. The maximum Gasteiger partial charge on any atom is 0.165 e. The predicted octanol–water partition coefficient (Wildman–Crippen LogP) is 6.16. The van der Waals surface area contributed by atoms with Crippen molar-refractivity contribution in [2.45, 2.75) is 44.9 Å². The molecule has 3 aliphatic carbocycles. The minimum atomic E-state index is -0.228. The molecular weight excluding hydrogens is 368 g/mol. The van der Waals surface area contributed by atoms with Crippen molar-refractivity contribution < 1.29 is 9.90 Å². The number of hydrogen-bond donors (Lipinski definition) is 1. The Labute approximate surface area is 171 Å². The number of hydrogen-bond acceptors (Lipinski definition) is 2. The van der Waals surface area contributed by atoms with Crippen molar-refractivity contribution in [2.24, 2.45) is 17.3 Å². The lowest BCUT2D eigenvalue weighted by atomic mass is 9.55. The number of carbonyl (C=O) groups excluding carboxylic acids is 1. The second-order valence-electron chi connectivity index (χ2n) is 9.01. The fourth-order valence-corrected chi connectivity index (χ4v) is 6.25. The Morgan fingerprint density at radius 2 is 1.93 bits per heavy atom. The molecule has 3 unspecified atom stereocenters. The molecule has 5 rings (SSSR count). The average molecular weight is 393 g/mol. The third-order valence-electron chi connectivity index (χ3n) is 7.56. The Kier molecular flexibility index (Phi) is 4.17. The van der Waals surface area contributed by atoms with E-state index in [9.17, 15) is 9.90 Å². The molecule has 1 N–H and O–H groups in total. The van der Waals surface area contributed by atoms with E-state index in [2.05, 4.69) is 19.1 Å². The molecule has 0 aromatic heterocycles. The van der Waals surface area contributed by atoms with Gasteiger partial charge in [0.2, 0.25) is 0 Å². The van der Waals surface area contributed by atoms with Crippen LogP contribution in [-0.2, 0) is 11.2 Å². The number of phenolic OH excluding ortho intramolecular Hbond substituents is 1. The van der Waals surface area contributed by atoms with Crippen LogP contribution in [0.3, 0.4) is 0 Å². The van der Waals surface area contributed by atoms with E-state index in [0.29, 0.717) is 29.3 Å². The number of ketones is 1. The molecule has 0 heterocycles. The number of halogens is 1. The van der Waals surface area contributed by atoms with Crippen LogP contribution < -0.4 is 0 Å². The van der Waals surface area contributed by atoms with Gasteiger partial charge in [0.25, 0.3) is 0 Å². The number of fused-ring (bicyclic) bond motifs is 5. The van der Waals surface area contributed by atoms with Gasteiger partial charge in [-0.3, -0.25) is 4.79 Å². The Bertz CT molecular complexity index is 975. The van der Waals surface area contributed by atoms with Gasteiger partial charge in [-0.05, 0) is 102 Å². The van der Waals surface area contributed by atoms with Crippen LogP contribution in [0.25, 0.3) is 6.08 Å². The molecule has 2 aromatic rings. The number of benzene rings is 2. The third-order valence-corrected chi connectivity index (χ3v) is 7.81. The molecule has 2 saturated carbocycles. The molecular formula is C25H25ClO2. The first-order valence-electron chi connectivity index (χ1n) is 10.3. The van der Waals surface area contributed by atoms with E-state index in [1.807, 2.05) is 36.4 Å². The van der Waals surface area contributed by atoms with Crippen molar-refractivity contribution in [3.05, 3.63) is 69.8 Å². The number of Topliss-reactive ketones (excluding diaryl/α,β-unsaturated/α-hetero) is 1. The minimum absolute atomic E-state index is 0.228. The summed E-state index contributed by atoms with van der Waals surface area (Å²) in [4.78, 5) is 13.4. The lowest BCUT2D eigenvalue weighted by Gasteiger charge is -2.48. The summed E-state index contributed by atoms with van der Waals surface area (Å²) in [6.07, 6.45) is 7.09. The monoisotopic (exact) mass is 392 g/mol. The molecule has 0 spiro atoms. The van der Waals surface area contributed by atoms with Crippen LogP contribution in [0.2, 0.25) is 5.02 Å². The molecule has 0 aliphatic heterocycles. The summed E-state index contributed by atoms with van der Waals surface area (Å²) in [6.45, 7) is 2.20. The second kappa shape index (κ2) is 6.49. The highest BCUT2D eigenvalue weighted by Crippen LogP contribution is 2.60. The van der Waals surface area contributed by atoms with Gasteiger partial charge >= 0.3 is 0 Å². The van der Waals surface area contributed by atoms with Gasteiger partial charge in [-0.1, -0.05) is 36.7 Å². The van der Waals surface area contributed by atoms with Crippen molar-refractivity contribution in [3.8, 4) is 5.75 Å². The molecule has 0 amide bonds. The van der Waals surface area contributed by atoms with Gasteiger partial charge < -0.3 is 5.11 Å². The summed E-state index contributed by atoms with van der Waals surface area (Å²) in [7, 11) is 0. The van der Waals surface area contributed by atoms with Crippen LogP contribution in [-0.4, -0.2) is 10.9 Å². The van der Waals surface area contributed by atoms with Crippen molar-refractivity contribution >= 4 is 23.5 Å². The van der Waals surface area contributed by atoms with E-state index in [0.717, 1.165) is 48.3 Å². The van der Waals surface area contributed by atoms with Crippen LogP contribution >= 0.6 is 11.6 Å². The van der Waals surface area contributed by atoms with Gasteiger partial charge in [-0.2, -0.15) is 0 Å². The Morgan fingerprint density at radius 1 is 1.14 bits per heavy atom. The van der Waals surface area contributed by atoms with Crippen LogP contribution in [0.1, 0.15) is 55.2 Å². The maximum absolute atomic E-state index is 13.4. The fourth-order valence-electron chi connectivity index (χ4n) is 6.13. The number of allylic oxidation sites excluding steroid dienone is 1. The first-order chi connectivity index (χ1) is 13.5. The van der Waals surface area contributed by atoms with E-state index in [1.54, 1.807) is 0 Å². The summed E-state index contributed by atoms with van der Waals surface area (Å²) in [6, 6.07) is 13.6. The van der Waals surface area contributed by atoms with E-state index >= 15 is 0 Å². The smallest absolute Gasteiger partial charge is 0.165 e. The maximum atomic E-state index is 13.4. The largest absolute Gasteiger partial charge is 0.508 e. The molecule has 4 atom stereocenters. The third kappa shape index (κ3) is 2.73. The Hall–Kier alpha value is -2.06. The van der Waals surface area contributed by atoms with Crippen LogP contribution in [0.4, 0.5) is 0 Å². The zero-order valence-electron chi connectivity index (χ0n) is 16.1. The van der Waals surface area contributed by atoms with Gasteiger partial charge in [-0.25, -0.2) is 0 Å². The molecule has 2 fully saturated rings. The molecule has 2 aromatic carbocycles. The van der Waals surface area contributed by atoms with Gasteiger partial charge in [0, 0.05) is 10.4 Å². The topological polar surface area (TPSA) is 37.3 Å². The lowest BCUT2D eigenvalue weighted by Crippen LogP contribution is -2.42. The van der Waals surface area contributed by atoms with Gasteiger partial charge in [0.05, 0.1) is 0 Å². The average Bonchev–Trinajstić information content (AvgIpc) is 2.94. The zero-order valence-corrected chi connectivity index (χ0v) is 16.9. The van der Waals surface area contributed by atoms with Crippen LogP contribution in [0.5, 0.6) is 5.75 Å². The number of aryl methyl sites for hydroxylation is 1. The molecule has 3 heteroatoms. The van der Waals surface area contributed by atoms with E-state index < -0.39 is 0 Å². The predicted molar refractivity (Wildman–Crippen MR) is 113 cm³/mol. The van der Waals surface area contributed by atoms with Crippen molar-refractivity contribution in [1.82, 2.24) is 0 Å². The molecule has 0 radical (unpaired) electrons. The SMILES string of the molecule is C[C@]12CCC3c4ccc(O)cc4CCC3C1CC(=Cc1ccc(Cl)cc1)C2=O. The van der Waals surface area contributed by atoms with E-state index in [4.69, 9.17) is 11.6 Å². The molecule has 0 saturated heterocycles. The normalized spacial score (nSPS) is 32.7. The van der Waals surface area contributed by atoms with Gasteiger partial charge in [0.1, 0.15) is 5.75 Å². The summed E-state index contributed by atoms with van der Waals surface area (Å²) >= 11 is 6.00. The molecule has 2 nitrogen and oxygen atoms in total. The highest BCUT2D eigenvalue weighted by Gasteiger charge is 2.56. The summed E-state index contributed by atoms with van der Waals surface area (Å²) in [5.74, 6) is 2.20. The number of aromatic hydroxyl groups is 1. The van der Waals surface area contributed by atoms with Crippen molar-refractivity contribution in [1.29, 1.82) is 0 Å². The number of carbonyl (C=O) groups is 1. The summed E-state index contributed by atoms with van der Waals surface area (Å²) in [5, 5.41) is 10.6. The summed E-state index contributed by atoms with van der Waals surface area (Å²) in [5.41, 5.74) is 4.50. The number of phenols is 1. The fraction of sp³-hybridized carbons (Fsp3) is 0.400. The Balaban J connectivity index is 1.48. The van der Waals surface area contributed by atoms with Crippen molar-refractivity contribution in [3.63, 3.8) is 0 Å². The zero-order chi connectivity index (χ0) is 19.5. The second-order valence-corrected chi connectivity index (χ2v) is 9.45. The van der Waals surface area contributed by atoms with Gasteiger partial charge in [-0.15, -0.1) is 0 Å². The van der Waals surface area contributed by atoms with Crippen LogP contribution in [0, 0.1) is 17.3 Å². The lowest BCUT2D eigenvalue weighted by molar-refractivity contribution is -0.127. The first kappa shape index (κ1) is 18.0. The molecule has 144 valence electrons. The van der Waals surface area contributed by atoms with Crippen LogP contribution in [0.15, 0.2) is 48.0 Å². The van der Waals surface area contributed by atoms with E-state index in [1.165, 1.54) is 11.1 Å². The van der Waals surface area contributed by atoms with Crippen molar-refractivity contribution in [2.75, 3.05) is 0 Å². The molecule has 3 aliphatic rings. The molecule has 28 heavy (non-hydrogen) atoms. The van der Waals surface area contributed by atoms with E-state index in [-0.39, 0.29) is 5.41 Å². The standard InChI is InChI=1S/C25H25ClO2/c1-25-11-10-21-20-9-7-19(27)13-16(20)4-8-22(21)23(25)14-17(24(25)28)12-15-2-5-18(26)6-3-15/h2-3,5-7,9,12-13,21-23,27H,4,8,10-11,14H2,1H3/t21?,22?,23?,25-/m0/s1. The number of rotatable bonds is 1. The summed E-state index contributed by atoms with van der Waals surface area (Å²) < 4.78 is 0. The first-order valence-corrected chi connectivity index (χ1v) is 10.7. The Morgan fingerprint density at radius 3 is 2.71 bits per heavy atom. The highest BCUT2D eigenvalue weighted by molar-refractivity contribution is 6.30. The van der Waals surface area contributed by atoms with Gasteiger partial charge in [0.15, 0.2) is 5.78 Å². The highest BCUT2D eigenvalue weighted by atomic mass is 35.5.